The number of nitrogens with zero attached hydrogens (tertiary/aromatic N) is 4. The molecule has 1 fully saturated rings. The summed E-state index contributed by atoms with van der Waals surface area (Å²) in [6, 6.07) is 16.9. The predicted molar refractivity (Wildman–Crippen MR) is 139 cm³/mol. The Hall–Kier alpha value is -3.89. The number of fused-ring (bicyclic) bond motifs is 1. The number of rotatable bonds is 5. The van der Waals surface area contributed by atoms with Gasteiger partial charge in [-0.2, -0.15) is 13.2 Å². The maximum atomic E-state index is 14.0. The zero-order chi connectivity index (χ0) is 27.0. The van der Waals surface area contributed by atoms with Crippen molar-refractivity contribution < 1.29 is 27.9 Å². The van der Waals surface area contributed by atoms with Crippen LogP contribution in [0.1, 0.15) is 24.5 Å². The normalized spacial score (nSPS) is 18.7. The number of aliphatic hydroxyl groups excluding tert-OH is 1. The topological polar surface area (TPSA) is 67.3 Å². The lowest BCUT2D eigenvalue weighted by Crippen LogP contribution is -2.48. The second-order valence-corrected chi connectivity index (χ2v) is 9.36. The number of hydrogen-bond donors (Lipinski definition) is 1. The molecular formula is C28H27F3N4O3. The van der Waals surface area contributed by atoms with Crippen LogP contribution in [-0.4, -0.2) is 47.8 Å². The van der Waals surface area contributed by atoms with Crippen molar-refractivity contribution in [1.29, 1.82) is 0 Å². The number of benzene rings is 3. The minimum Gasteiger partial charge on any atom is -0.392 e. The van der Waals surface area contributed by atoms with Crippen LogP contribution in [0, 0.1) is 0 Å². The van der Waals surface area contributed by atoms with Crippen molar-refractivity contribution in [2.45, 2.75) is 32.2 Å². The van der Waals surface area contributed by atoms with Crippen molar-refractivity contribution in [3.05, 3.63) is 83.9 Å². The predicted octanol–water partition coefficient (Wildman–Crippen LogP) is 6.00. The zero-order valence-electron chi connectivity index (χ0n) is 20.7. The van der Waals surface area contributed by atoms with Crippen LogP contribution in [0.25, 0.3) is 0 Å². The first-order chi connectivity index (χ1) is 18.2. The van der Waals surface area contributed by atoms with Crippen molar-refractivity contribution >= 4 is 34.8 Å². The Bertz CT molecular complexity index is 1330. The third-order valence-electron chi connectivity index (χ3n) is 6.82. The lowest BCUT2D eigenvalue weighted by atomic mass is 10.1. The lowest BCUT2D eigenvalue weighted by molar-refractivity contribution is -0.137. The summed E-state index contributed by atoms with van der Waals surface area (Å²) in [5.41, 5.74) is 0.833. The summed E-state index contributed by atoms with van der Waals surface area (Å²) in [7, 11) is 0. The largest absolute Gasteiger partial charge is 0.416 e. The number of imide groups is 1. The molecule has 10 heteroatoms. The van der Waals surface area contributed by atoms with E-state index in [1.54, 1.807) is 49.4 Å². The van der Waals surface area contributed by atoms with E-state index in [1.807, 2.05) is 12.1 Å². The van der Waals surface area contributed by atoms with E-state index in [4.69, 9.17) is 0 Å². The number of hydrogen-bond acceptors (Lipinski definition) is 4. The number of anilines is 4. The van der Waals surface area contributed by atoms with Gasteiger partial charge in [-0.15, -0.1) is 0 Å². The van der Waals surface area contributed by atoms with Crippen LogP contribution in [0.2, 0.25) is 0 Å². The standard InChI is InChI=1S/C28H27F3N4O3/c1-2-33-24-13-10-20(28(29,30)31)16-25(24)34(21-6-4-3-5-7-21)27(38)35(26(33)37)22-11-8-19(9-12-22)17-32-15-14-23(36)18-32/h3-13,16,23,36H,2,14-15,17-18H2,1H3/t23-/m1/s1. The zero-order valence-corrected chi connectivity index (χ0v) is 20.7. The Morgan fingerprint density at radius 1 is 0.868 bits per heavy atom. The summed E-state index contributed by atoms with van der Waals surface area (Å²) < 4.78 is 41.0. The molecule has 5 rings (SSSR count). The minimum absolute atomic E-state index is 0.0297. The lowest BCUT2D eigenvalue weighted by Gasteiger charge is -2.27. The Balaban J connectivity index is 1.58. The van der Waals surface area contributed by atoms with Gasteiger partial charge in [-0.05, 0) is 61.4 Å². The number of urea groups is 2. The van der Waals surface area contributed by atoms with Gasteiger partial charge in [-0.3, -0.25) is 14.7 Å². The van der Waals surface area contributed by atoms with Crippen LogP contribution in [0.5, 0.6) is 0 Å². The molecule has 0 aliphatic carbocycles. The van der Waals surface area contributed by atoms with E-state index in [-0.39, 0.29) is 24.0 Å². The van der Waals surface area contributed by atoms with Crippen molar-refractivity contribution in [2.24, 2.45) is 0 Å². The maximum Gasteiger partial charge on any atom is 0.416 e. The van der Waals surface area contributed by atoms with E-state index in [0.717, 1.165) is 34.0 Å². The number of carbonyl (C=O) groups is 2. The van der Waals surface area contributed by atoms with Gasteiger partial charge >= 0.3 is 18.2 Å². The molecule has 7 nitrogen and oxygen atoms in total. The Morgan fingerprint density at radius 3 is 2.16 bits per heavy atom. The van der Waals surface area contributed by atoms with Gasteiger partial charge in [0, 0.05) is 26.2 Å². The fourth-order valence-corrected chi connectivity index (χ4v) is 4.93. The molecule has 1 atom stereocenters. The second kappa shape index (κ2) is 10.1. The van der Waals surface area contributed by atoms with Gasteiger partial charge in [0.15, 0.2) is 0 Å². The molecule has 1 N–H and O–H groups in total. The molecule has 4 amide bonds. The molecule has 2 aliphatic heterocycles. The molecule has 3 aromatic rings. The first-order valence-corrected chi connectivity index (χ1v) is 12.4. The molecule has 0 radical (unpaired) electrons. The van der Waals surface area contributed by atoms with Crippen molar-refractivity contribution in [2.75, 3.05) is 34.3 Å². The minimum atomic E-state index is -4.63. The van der Waals surface area contributed by atoms with Gasteiger partial charge in [0.1, 0.15) is 0 Å². The molecule has 1 saturated heterocycles. The van der Waals surface area contributed by atoms with E-state index >= 15 is 0 Å². The number of likely N-dealkylation sites (tertiary alicyclic amines) is 1. The average molecular weight is 525 g/mol. The van der Waals surface area contributed by atoms with E-state index < -0.39 is 23.8 Å². The Morgan fingerprint density at radius 2 is 1.55 bits per heavy atom. The van der Waals surface area contributed by atoms with Gasteiger partial charge in [0.2, 0.25) is 0 Å². The Labute approximate surface area is 218 Å². The van der Waals surface area contributed by atoms with Gasteiger partial charge in [0.25, 0.3) is 0 Å². The highest BCUT2D eigenvalue weighted by molar-refractivity contribution is 6.28. The molecular weight excluding hydrogens is 497 g/mol. The van der Waals surface area contributed by atoms with Gasteiger partial charge < -0.3 is 5.11 Å². The molecule has 0 spiro atoms. The number of halogens is 3. The molecule has 3 aromatic carbocycles. The van der Waals surface area contributed by atoms with E-state index in [2.05, 4.69) is 4.90 Å². The van der Waals surface area contributed by atoms with Crippen LogP contribution in [0.3, 0.4) is 0 Å². The number of carbonyl (C=O) groups excluding carboxylic acids is 2. The molecule has 2 heterocycles. The number of alkyl halides is 3. The maximum absolute atomic E-state index is 14.0. The number of β-amino-alcohol motifs (C(OH)–C–C–N with tert-alkyl or cyclic N) is 1. The van der Waals surface area contributed by atoms with Crippen LogP contribution in [-0.2, 0) is 12.7 Å². The van der Waals surface area contributed by atoms with Crippen LogP contribution >= 0.6 is 0 Å². The quantitative estimate of drug-likeness (QED) is 0.445. The molecule has 198 valence electrons. The third-order valence-corrected chi connectivity index (χ3v) is 6.82. The highest BCUT2D eigenvalue weighted by atomic mass is 19.4. The molecule has 0 saturated carbocycles. The third kappa shape index (κ3) is 4.84. The summed E-state index contributed by atoms with van der Waals surface area (Å²) in [6.45, 7) is 3.82. The number of amides is 4. The highest BCUT2D eigenvalue weighted by Crippen LogP contribution is 2.43. The second-order valence-electron chi connectivity index (χ2n) is 9.36. The van der Waals surface area contributed by atoms with Crippen LogP contribution < -0.4 is 14.7 Å². The highest BCUT2D eigenvalue weighted by Gasteiger charge is 2.41. The monoisotopic (exact) mass is 524 g/mol. The van der Waals surface area contributed by atoms with Gasteiger partial charge in [-0.25, -0.2) is 14.5 Å². The summed E-state index contributed by atoms with van der Waals surface area (Å²) in [5.74, 6) is 0. The molecule has 0 aromatic heterocycles. The summed E-state index contributed by atoms with van der Waals surface area (Å²) in [6.07, 6.45) is -4.26. The molecule has 0 unspecified atom stereocenters. The van der Waals surface area contributed by atoms with Gasteiger partial charge in [0.05, 0.1) is 34.4 Å². The van der Waals surface area contributed by atoms with Crippen LogP contribution in [0.15, 0.2) is 72.8 Å². The van der Waals surface area contributed by atoms with Crippen LogP contribution in [0.4, 0.5) is 45.5 Å². The average Bonchev–Trinajstić information content (AvgIpc) is 3.27. The number of aliphatic hydroxyl groups is 1. The van der Waals surface area contributed by atoms with E-state index in [0.29, 0.717) is 30.9 Å². The first kappa shape index (κ1) is 25.7. The SMILES string of the molecule is CCN1C(=O)N(c2ccc(CN3CC[C@@H](O)C3)cc2)C(=O)N(c2ccccc2)c2cc(C(F)(F)F)ccc21. The summed E-state index contributed by atoms with van der Waals surface area (Å²) in [4.78, 5) is 33.3. The summed E-state index contributed by atoms with van der Waals surface area (Å²) in [5, 5.41) is 9.78. The van der Waals surface area contributed by atoms with E-state index in [9.17, 15) is 27.9 Å². The molecule has 0 bridgehead atoms. The summed E-state index contributed by atoms with van der Waals surface area (Å²) >= 11 is 0. The molecule has 2 aliphatic rings. The van der Waals surface area contributed by atoms with Crippen molar-refractivity contribution in [1.82, 2.24) is 4.90 Å². The fourth-order valence-electron chi connectivity index (χ4n) is 4.93. The number of para-hydroxylation sites is 1. The van der Waals surface area contributed by atoms with Crippen molar-refractivity contribution in [3.63, 3.8) is 0 Å². The Kier molecular flexibility index (Phi) is 6.85. The smallest absolute Gasteiger partial charge is 0.392 e. The first-order valence-electron chi connectivity index (χ1n) is 12.4. The van der Waals surface area contributed by atoms with E-state index in [1.165, 1.54) is 11.0 Å². The van der Waals surface area contributed by atoms with Crippen molar-refractivity contribution in [3.8, 4) is 0 Å². The molecule has 38 heavy (non-hydrogen) atoms. The van der Waals surface area contributed by atoms with Gasteiger partial charge in [-0.1, -0.05) is 30.3 Å². The fraction of sp³-hybridized carbons (Fsp3) is 0.286.